The fourth-order valence-electron chi connectivity index (χ4n) is 2.57. The molecule has 2 unspecified atom stereocenters. The molecule has 0 saturated heterocycles. The van der Waals surface area contributed by atoms with E-state index in [1.54, 1.807) is 0 Å². The summed E-state index contributed by atoms with van der Waals surface area (Å²) in [5.74, 6) is 0.878. The number of nitrogens with one attached hydrogen (secondary N) is 1. The van der Waals surface area contributed by atoms with Gasteiger partial charge in [-0.2, -0.15) is 0 Å². The van der Waals surface area contributed by atoms with Crippen LogP contribution < -0.4 is 5.32 Å². The summed E-state index contributed by atoms with van der Waals surface area (Å²) in [6.07, 6.45) is 5.29. The molecule has 94 valence electrons. The van der Waals surface area contributed by atoms with E-state index in [4.69, 9.17) is 11.6 Å². The second-order valence-electron chi connectivity index (χ2n) is 5.16. The van der Waals surface area contributed by atoms with Crippen molar-refractivity contribution in [3.8, 4) is 0 Å². The van der Waals surface area contributed by atoms with E-state index in [0.717, 1.165) is 17.4 Å². The van der Waals surface area contributed by atoms with Crippen LogP contribution in [0.3, 0.4) is 0 Å². The van der Waals surface area contributed by atoms with Crippen molar-refractivity contribution in [1.82, 2.24) is 5.32 Å². The van der Waals surface area contributed by atoms with Gasteiger partial charge in [-0.3, -0.25) is 0 Å². The highest BCUT2D eigenvalue weighted by Crippen LogP contribution is 2.31. The number of hydrogen-bond acceptors (Lipinski definition) is 1. The summed E-state index contributed by atoms with van der Waals surface area (Å²) in [4.78, 5) is 0. The second kappa shape index (κ2) is 5.88. The Morgan fingerprint density at radius 2 is 2.18 bits per heavy atom. The van der Waals surface area contributed by atoms with Crippen molar-refractivity contribution in [3.05, 3.63) is 34.9 Å². The molecule has 0 heterocycles. The molecule has 1 N–H and O–H groups in total. The van der Waals surface area contributed by atoms with Gasteiger partial charge in [-0.15, -0.1) is 0 Å². The molecule has 1 aliphatic rings. The van der Waals surface area contributed by atoms with Gasteiger partial charge in [-0.1, -0.05) is 37.1 Å². The average Bonchev–Trinajstić information content (AvgIpc) is 2.23. The summed E-state index contributed by atoms with van der Waals surface area (Å²) >= 11 is 6.06. The van der Waals surface area contributed by atoms with Crippen molar-refractivity contribution in [2.75, 3.05) is 0 Å². The third-order valence-corrected chi connectivity index (χ3v) is 4.22. The highest BCUT2D eigenvalue weighted by molar-refractivity contribution is 6.30. The van der Waals surface area contributed by atoms with E-state index in [1.807, 2.05) is 12.1 Å². The van der Waals surface area contributed by atoms with Gasteiger partial charge in [0.05, 0.1) is 0 Å². The second-order valence-corrected chi connectivity index (χ2v) is 5.60. The van der Waals surface area contributed by atoms with Crippen molar-refractivity contribution in [2.45, 2.75) is 51.6 Å². The summed E-state index contributed by atoms with van der Waals surface area (Å²) in [6.45, 7) is 4.54. The van der Waals surface area contributed by atoms with E-state index >= 15 is 0 Å². The molecule has 2 rings (SSSR count). The van der Waals surface area contributed by atoms with E-state index in [0.29, 0.717) is 12.1 Å². The van der Waals surface area contributed by atoms with Crippen LogP contribution in [-0.4, -0.2) is 6.04 Å². The minimum absolute atomic E-state index is 0.435. The van der Waals surface area contributed by atoms with Crippen LogP contribution in [0.1, 0.15) is 51.1 Å². The standard InChI is InChI=1S/C15H22ClN/c1-3-15(13-8-5-9-14(16)10-13)17-11(2)12-6-4-7-12/h5,8-12,15,17H,3-4,6-7H2,1-2H3. The van der Waals surface area contributed by atoms with Gasteiger partial charge >= 0.3 is 0 Å². The molecule has 0 spiro atoms. The van der Waals surface area contributed by atoms with Crippen LogP contribution in [0.5, 0.6) is 0 Å². The topological polar surface area (TPSA) is 12.0 Å². The van der Waals surface area contributed by atoms with Crippen LogP contribution in [0.25, 0.3) is 0 Å². The first kappa shape index (κ1) is 12.9. The predicted molar refractivity (Wildman–Crippen MR) is 74.4 cm³/mol. The van der Waals surface area contributed by atoms with Gasteiger partial charge in [0.2, 0.25) is 0 Å². The molecule has 1 fully saturated rings. The summed E-state index contributed by atoms with van der Waals surface area (Å²) in [5.41, 5.74) is 1.31. The fraction of sp³-hybridized carbons (Fsp3) is 0.600. The first-order valence-corrected chi connectivity index (χ1v) is 7.10. The lowest BCUT2D eigenvalue weighted by molar-refractivity contribution is 0.225. The van der Waals surface area contributed by atoms with Crippen LogP contribution in [0.15, 0.2) is 24.3 Å². The van der Waals surface area contributed by atoms with Crippen LogP contribution in [0.4, 0.5) is 0 Å². The predicted octanol–water partition coefficient (Wildman–Crippen LogP) is 4.57. The summed E-state index contributed by atoms with van der Waals surface area (Å²) < 4.78 is 0. The first-order chi connectivity index (χ1) is 8.20. The van der Waals surface area contributed by atoms with Crippen molar-refractivity contribution < 1.29 is 0 Å². The normalized spacial score (nSPS) is 19.7. The lowest BCUT2D eigenvalue weighted by Crippen LogP contribution is -2.39. The quantitative estimate of drug-likeness (QED) is 0.808. The maximum absolute atomic E-state index is 6.06. The zero-order chi connectivity index (χ0) is 12.3. The van der Waals surface area contributed by atoms with Gasteiger partial charge in [0, 0.05) is 17.1 Å². The van der Waals surface area contributed by atoms with Crippen LogP contribution >= 0.6 is 11.6 Å². The molecule has 17 heavy (non-hydrogen) atoms. The maximum Gasteiger partial charge on any atom is 0.0409 e. The fourth-order valence-corrected chi connectivity index (χ4v) is 2.77. The molecule has 0 bridgehead atoms. The first-order valence-electron chi connectivity index (χ1n) is 6.72. The minimum atomic E-state index is 0.435. The zero-order valence-electron chi connectivity index (χ0n) is 10.7. The highest BCUT2D eigenvalue weighted by atomic mass is 35.5. The van der Waals surface area contributed by atoms with Crippen LogP contribution in [0, 0.1) is 5.92 Å². The van der Waals surface area contributed by atoms with Crippen molar-refractivity contribution >= 4 is 11.6 Å². The highest BCUT2D eigenvalue weighted by Gasteiger charge is 2.25. The molecule has 2 atom stereocenters. The Hall–Kier alpha value is -0.530. The third kappa shape index (κ3) is 3.23. The van der Waals surface area contributed by atoms with Gasteiger partial charge in [0.25, 0.3) is 0 Å². The monoisotopic (exact) mass is 251 g/mol. The Balaban J connectivity index is 2.00. The molecule has 0 amide bonds. The van der Waals surface area contributed by atoms with Gasteiger partial charge in [-0.05, 0) is 49.8 Å². The van der Waals surface area contributed by atoms with Crippen molar-refractivity contribution in [1.29, 1.82) is 0 Å². The Morgan fingerprint density at radius 1 is 1.41 bits per heavy atom. The smallest absolute Gasteiger partial charge is 0.0409 e. The van der Waals surface area contributed by atoms with Gasteiger partial charge in [-0.25, -0.2) is 0 Å². The number of rotatable bonds is 5. The molecular formula is C15H22ClN. The number of benzene rings is 1. The molecular weight excluding hydrogens is 230 g/mol. The minimum Gasteiger partial charge on any atom is -0.307 e. The molecule has 1 aromatic carbocycles. The van der Waals surface area contributed by atoms with Gasteiger partial charge < -0.3 is 5.32 Å². The van der Waals surface area contributed by atoms with E-state index in [1.165, 1.54) is 24.8 Å². The molecule has 0 radical (unpaired) electrons. The van der Waals surface area contributed by atoms with E-state index in [2.05, 4.69) is 31.3 Å². The van der Waals surface area contributed by atoms with Crippen molar-refractivity contribution in [2.24, 2.45) is 5.92 Å². The molecule has 1 nitrogen and oxygen atoms in total. The Bertz CT molecular complexity index is 360. The summed E-state index contributed by atoms with van der Waals surface area (Å²) in [6, 6.07) is 9.27. The number of halogens is 1. The Kier molecular flexibility index (Phi) is 4.47. The summed E-state index contributed by atoms with van der Waals surface area (Å²) in [5, 5.41) is 4.59. The van der Waals surface area contributed by atoms with Crippen LogP contribution in [-0.2, 0) is 0 Å². The van der Waals surface area contributed by atoms with E-state index < -0.39 is 0 Å². The Morgan fingerprint density at radius 3 is 2.71 bits per heavy atom. The van der Waals surface area contributed by atoms with E-state index in [-0.39, 0.29) is 0 Å². The largest absolute Gasteiger partial charge is 0.307 e. The SMILES string of the molecule is CCC(NC(C)C1CCC1)c1cccc(Cl)c1. The number of hydrogen-bond donors (Lipinski definition) is 1. The molecule has 1 saturated carbocycles. The maximum atomic E-state index is 6.06. The lowest BCUT2D eigenvalue weighted by atomic mass is 9.80. The van der Waals surface area contributed by atoms with E-state index in [9.17, 15) is 0 Å². The molecule has 0 aliphatic heterocycles. The molecule has 1 aromatic rings. The lowest BCUT2D eigenvalue weighted by Gasteiger charge is -2.34. The average molecular weight is 252 g/mol. The molecule has 0 aromatic heterocycles. The summed E-state index contributed by atoms with van der Waals surface area (Å²) in [7, 11) is 0. The molecule has 1 aliphatic carbocycles. The van der Waals surface area contributed by atoms with Gasteiger partial charge in [0.15, 0.2) is 0 Å². The van der Waals surface area contributed by atoms with Crippen molar-refractivity contribution in [3.63, 3.8) is 0 Å². The zero-order valence-corrected chi connectivity index (χ0v) is 11.5. The Labute approximate surface area is 110 Å². The molecule has 2 heteroatoms. The van der Waals surface area contributed by atoms with Crippen LogP contribution in [0.2, 0.25) is 5.02 Å². The third-order valence-electron chi connectivity index (χ3n) is 3.98. The van der Waals surface area contributed by atoms with Gasteiger partial charge in [0.1, 0.15) is 0 Å².